The summed E-state index contributed by atoms with van der Waals surface area (Å²) in [7, 11) is -4.49. The maximum atomic E-state index is 13.5. The number of hydrogen-bond donors (Lipinski definition) is 2. The van der Waals surface area contributed by atoms with Gasteiger partial charge in [-0.15, -0.1) is 0 Å². The Hall–Kier alpha value is -3.77. The van der Waals surface area contributed by atoms with Gasteiger partial charge >= 0.3 is 12.1 Å². The number of carbonyl (C=O) groups excluding carboxylic acids is 1. The molecule has 3 aromatic carbocycles. The van der Waals surface area contributed by atoms with E-state index in [0.717, 1.165) is 16.4 Å². The van der Waals surface area contributed by atoms with Crippen LogP contribution in [0.25, 0.3) is 0 Å². The Morgan fingerprint density at radius 1 is 1.08 bits per heavy atom. The molecule has 0 saturated carbocycles. The third kappa shape index (κ3) is 7.42. The number of rotatable bonds is 10. The lowest BCUT2D eigenvalue weighted by molar-refractivity contribution is -0.144. The number of halogens is 4. The largest absolute Gasteiger partial charge is 0.479 e. The minimum absolute atomic E-state index is 0.0415. The third-order valence-electron chi connectivity index (χ3n) is 5.61. The molecule has 0 unspecified atom stereocenters. The van der Waals surface area contributed by atoms with Crippen molar-refractivity contribution in [3.8, 4) is 5.75 Å². The van der Waals surface area contributed by atoms with E-state index in [2.05, 4.69) is 5.32 Å². The molecule has 2 N–H and O–H groups in total. The molecule has 0 heterocycles. The number of carbonyl (C=O) groups is 2. The summed E-state index contributed by atoms with van der Waals surface area (Å²) >= 11 is 6.18. The summed E-state index contributed by atoms with van der Waals surface area (Å²) in [5.41, 5.74) is -0.0429. The first-order valence-electron chi connectivity index (χ1n) is 11.4. The van der Waals surface area contributed by atoms with Gasteiger partial charge in [0.15, 0.2) is 6.10 Å². The van der Waals surface area contributed by atoms with Gasteiger partial charge in [-0.25, -0.2) is 13.2 Å². The molecule has 8 nitrogen and oxygen atoms in total. The Bertz CT molecular complexity index is 1460. The number of sulfonamides is 1. The SMILES string of the molecule is Cc1c(Cl)cccc1N(CC(=O)NCc1cccc(O[C@H](C)C(=O)O)c1)S(=O)(=O)c1ccc(C(F)(F)F)cc1. The van der Waals surface area contributed by atoms with Gasteiger partial charge in [-0.2, -0.15) is 13.2 Å². The van der Waals surface area contributed by atoms with Crippen molar-refractivity contribution >= 4 is 39.2 Å². The highest BCUT2D eigenvalue weighted by molar-refractivity contribution is 7.92. The van der Waals surface area contributed by atoms with E-state index in [1.807, 2.05) is 0 Å². The van der Waals surface area contributed by atoms with Crippen LogP contribution in [0.15, 0.2) is 71.6 Å². The lowest BCUT2D eigenvalue weighted by atomic mass is 10.2. The number of benzene rings is 3. The minimum Gasteiger partial charge on any atom is -0.479 e. The zero-order valence-electron chi connectivity index (χ0n) is 20.7. The van der Waals surface area contributed by atoms with Gasteiger partial charge in [0, 0.05) is 11.6 Å². The number of alkyl halides is 3. The van der Waals surface area contributed by atoms with Crippen LogP contribution in [-0.4, -0.2) is 38.0 Å². The van der Waals surface area contributed by atoms with Crippen LogP contribution in [0.5, 0.6) is 5.75 Å². The van der Waals surface area contributed by atoms with Crippen LogP contribution in [0.3, 0.4) is 0 Å². The normalized spacial score (nSPS) is 12.5. The van der Waals surface area contributed by atoms with E-state index in [1.54, 1.807) is 25.1 Å². The van der Waals surface area contributed by atoms with E-state index >= 15 is 0 Å². The molecule has 0 aliphatic heterocycles. The van der Waals surface area contributed by atoms with E-state index < -0.39 is 51.2 Å². The molecule has 1 atom stereocenters. The summed E-state index contributed by atoms with van der Waals surface area (Å²) in [5, 5.41) is 11.8. The van der Waals surface area contributed by atoms with Gasteiger partial charge in [0.1, 0.15) is 12.3 Å². The summed E-state index contributed by atoms with van der Waals surface area (Å²) in [4.78, 5) is 23.5. The molecule has 39 heavy (non-hydrogen) atoms. The smallest absolute Gasteiger partial charge is 0.416 e. The Kier molecular flexibility index (Phi) is 9.13. The van der Waals surface area contributed by atoms with Crippen LogP contribution >= 0.6 is 11.6 Å². The Balaban J connectivity index is 1.85. The lowest BCUT2D eigenvalue weighted by Crippen LogP contribution is -2.41. The molecule has 0 radical (unpaired) electrons. The molecule has 208 valence electrons. The Morgan fingerprint density at radius 3 is 2.33 bits per heavy atom. The summed E-state index contributed by atoms with van der Waals surface area (Å²) in [6, 6.07) is 13.7. The van der Waals surface area contributed by atoms with Crippen molar-refractivity contribution in [1.29, 1.82) is 0 Å². The van der Waals surface area contributed by atoms with Gasteiger partial charge in [0.25, 0.3) is 10.0 Å². The van der Waals surface area contributed by atoms with Crippen LogP contribution in [0.2, 0.25) is 5.02 Å². The summed E-state index contributed by atoms with van der Waals surface area (Å²) in [5.74, 6) is -1.60. The van der Waals surface area contributed by atoms with Crippen molar-refractivity contribution in [1.82, 2.24) is 5.32 Å². The molecule has 0 saturated heterocycles. The molecule has 0 fully saturated rings. The quantitative estimate of drug-likeness (QED) is 0.346. The number of amides is 1. The average Bonchev–Trinajstić information content (AvgIpc) is 2.87. The second-order valence-electron chi connectivity index (χ2n) is 8.44. The number of carboxylic acids is 1. The predicted octanol–water partition coefficient (Wildman–Crippen LogP) is 5.03. The highest BCUT2D eigenvalue weighted by Gasteiger charge is 2.33. The van der Waals surface area contributed by atoms with E-state index in [9.17, 15) is 31.2 Å². The molecule has 0 spiro atoms. The van der Waals surface area contributed by atoms with Crippen molar-refractivity contribution in [3.05, 3.63) is 88.4 Å². The third-order valence-corrected chi connectivity index (χ3v) is 7.80. The maximum absolute atomic E-state index is 13.5. The first kappa shape index (κ1) is 29.8. The highest BCUT2D eigenvalue weighted by atomic mass is 35.5. The van der Waals surface area contributed by atoms with Crippen molar-refractivity contribution in [2.45, 2.75) is 37.6 Å². The number of carboxylic acid groups (broad SMARTS) is 1. The molecule has 0 aliphatic rings. The van der Waals surface area contributed by atoms with Gasteiger partial charge in [0.2, 0.25) is 5.91 Å². The summed E-state index contributed by atoms with van der Waals surface area (Å²) in [6.07, 6.45) is -5.75. The number of aliphatic carboxylic acids is 1. The van der Waals surface area contributed by atoms with Gasteiger partial charge < -0.3 is 15.2 Å². The van der Waals surface area contributed by atoms with Crippen LogP contribution in [-0.2, 0) is 32.3 Å². The van der Waals surface area contributed by atoms with Crippen molar-refractivity contribution in [3.63, 3.8) is 0 Å². The second-order valence-corrected chi connectivity index (χ2v) is 10.7. The average molecular weight is 585 g/mol. The minimum atomic E-state index is -4.65. The van der Waals surface area contributed by atoms with E-state index in [0.29, 0.717) is 23.3 Å². The van der Waals surface area contributed by atoms with Crippen molar-refractivity contribution in [2.24, 2.45) is 0 Å². The van der Waals surface area contributed by atoms with Gasteiger partial charge in [0.05, 0.1) is 16.1 Å². The van der Waals surface area contributed by atoms with Crippen molar-refractivity contribution in [2.75, 3.05) is 10.8 Å². The zero-order valence-corrected chi connectivity index (χ0v) is 22.3. The highest BCUT2D eigenvalue weighted by Crippen LogP contribution is 2.33. The number of ether oxygens (including phenoxy) is 1. The topological polar surface area (TPSA) is 113 Å². The first-order chi connectivity index (χ1) is 18.2. The number of nitrogens with one attached hydrogen (secondary N) is 1. The van der Waals surface area contributed by atoms with Gasteiger partial charge in [-0.3, -0.25) is 9.10 Å². The standard InChI is InChI=1S/C26H24ClF3N2O6S/c1-16-22(27)7-4-8-23(16)32(39(36,37)21-11-9-19(10-12-21)26(28,29)30)15-24(33)31-14-18-5-3-6-20(13-18)38-17(2)25(34)35/h3-13,17H,14-15H2,1-2H3,(H,31,33)(H,34,35)/t17-/m1/s1. The molecule has 0 bridgehead atoms. The fourth-order valence-corrected chi connectivity index (χ4v) is 5.13. The number of anilines is 1. The molecular formula is C26H24ClF3N2O6S. The summed E-state index contributed by atoms with van der Waals surface area (Å²) < 4.78 is 72.1. The van der Waals surface area contributed by atoms with Crippen LogP contribution in [0.4, 0.5) is 18.9 Å². The molecule has 1 amide bonds. The van der Waals surface area contributed by atoms with E-state index in [-0.39, 0.29) is 23.0 Å². The van der Waals surface area contributed by atoms with Crippen LogP contribution in [0.1, 0.15) is 23.6 Å². The zero-order chi connectivity index (χ0) is 29.0. The second kappa shape index (κ2) is 12.0. The number of hydrogen-bond acceptors (Lipinski definition) is 5. The Labute approximate surface area is 228 Å². The maximum Gasteiger partial charge on any atom is 0.416 e. The molecule has 13 heteroatoms. The lowest BCUT2D eigenvalue weighted by Gasteiger charge is -2.26. The van der Waals surface area contributed by atoms with Crippen LogP contribution in [0, 0.1) is 6.92 Å². The van der Waals surface area contributed by atoms with Crippen LogP contribution < -0.4 is 14.4 Å². The Morgan fingerprint density at radius 2 is 1.72 bits per heavy atom. The molecule has 3 aromatic rings. The van der Waals surface area contributed by atoms with Crippen molar-refractivity contribution < 1.29 is 41.0 Å². The fourth-order valence-electron chi connectivity index (χ4n) is 3.48. The molecular weight excluding hydrogens is 561 g/mol. The van der Waals surface area contributed by atoms with E-state index in [4.69, 9.17) is 21.4 Å². The molecule has 3 rings (SSSR count). The molecule has 0 aromatic heterocycles. The monoisotopic (exact) mass is 584 g/mol. The van der Waals surface area contributed by atoms with Gasteiger partial charge in [-0.05, 0) is 73.5 Å². The molecule has 0 aliphatic carbocycles. The summed E-state index contributed by atoms with van der Waals surface area (Å²) in [6.45, 7) is 2.17. The van der Waals surface area contributed by atoms with Gasteiger partial charge in [-0.1, -0.05) is 29.8 Å². The number of nitrogens with zero attached hydrogens (tertiary/aromatic N) is 1. The van der Waals surface area contributed by atoms with E-state index in [1.165, 1.54) is 31.2 Å². The first-order valence-corrected chi connectivity index (χ1v) is 13.2. The fraction of sp³-hybridized carbons (Fsp3) is 0.231. The predicted molar refractivity (Wildman–Crippen MR) is 138 cm³/mol.